The molecular weight excluding hydrogens is 244 g/mol. The monoisotopic (exact) mass is 258 g/mol. The molecule has 3 heterocycles. The lowest BCUT2D eigenvalue weighted by atomic mass is 10.0. The molecule has 0 amide bonds. The van der Waals surface area contributed by atoms with Crippen molar-refractivity contribution in [1.29, 1.82) is 0 Å². The Bertz CT molecular complexity index is 630. The minimum atomic E-state index is 0.146. The Kier molecular flexibility index (Phi) is 3.13. The molecule has 92 valence electrons. The topological polar surface area (TPSA) is 38.1 Å². The smallest absolute Gasteiger partial charge is 0.0953 e. The molecule has 0 saturated heterocycles. The van der Waals surface area contributed by atoms with Crippen LogP contribution in [0.4, 0.5) is 0 Å². The zero-order valence-corrected chi connectivity index (χ0v) is 10.9. The van der Waals surface area contributed by atoms with Crippen molar-refractivity contribution in [2.45, 2.75) is 13.0 Å². The van der Waals surface area contributed by atoms with E-state index in [0.717, 1.165) is 17.6 Å². The molecule has 0 saturated carbocycles. The van der Waals surface area contributed by atoms with Crippen molar-refractivity contribution in [3.05, 3.63) is 53.4 Å². The molecule has 1 unspecified atom stereocenters. The largest absolute Gasteiger partial charge is 0.472 e. The highest BCUT2D eigenvalue weighted by atomic mass is 32.1. The predicted octanol–water partition coefficient (Wildman–Crippen LogP) is 3.59. The summed E-state index contributed by atoms with van der Waals surface area (Å²) in [6.07, 6.45) is 5.43. The van der Waals surface area contributed by atoms with Crippen LogP contribution in [0.2, 0.25) is 0 Å². The molecule has 3 aromatic rings. The summed E-state index contributed by atoms with van der Waals surface area (Å²) in [7, 11) is 0. The van der Waals surface area contributed by atoms with Crippen LogP contribution in [0.25, 0.3) is 10.2 Å². The van der Waals surface area contributed by atoms with E-state index in [1.807, 2.05) is 18.3 Å². The molecule has 0 fully saturated rings. The third-order valence-electron chi connectivity index (χ3n) is 2.94. The molecule has 0 aliphatic rings. The SMILES string of the molecule is CCNC(c1ccoc1)c1cnc2ccsc2c1. The molecule has 3 rings (SSSR count). The van der Waals surface area contributed by atoms with Gasteiger partial charge >= 0.3 is 0 Å². The number of pyridine rings is 1. The Labute approximate surface area is 109 Å². The molecule has 0 aliphatic carbocycles. The summed E-state index contributed by atoms with van der Waals surface area (Å²) in [5.41, 5.74) is 3.37. The predicted molar refractivity (Wildman–Crippen MR) is 73.8 cm³/mol. The summed E-state index contributed by atoms with van der Waals surface area (Å²) >= 11 is 1.72. The van der Waals surface area contributed by atoms with E-state index in [-0.39, 0.29) is 6.04 Å². The van der Waals surface area contributed by atoms with Gasteiger partial charge in [0.2, 0.25) is 0 Å². The van der Waals surface area contributed by atoms with Gasteiger partial charge in [-0.25, -0.2) is 0 Å². The van der Waals surface area contributed by atoms with Gasteiger partial charge in [-0.2, -0.15) is 0 Å². The summed E-state index contributed by atoms with van der Waals surface area (Å²) in [5, 5.41) is 5.53. The summed E-state index contributed by atoms with van der Waals surface area (Å²) in [6, 6.07) is 6.39. The summed E-state index contributed by atoms with van der Waals surface area (Å²) in [4.78, 5) is 4.49. The maximum atomic E-state index is 5.18. The zero-order valence-electron chi connectivity index (χ0n) is 10.1. The van der Waals surface area contributed by atoms with Gasteiger partial charge in [-0.1, -0.05) is 6.92 Å². The number of aromatic nitrogens is 1. The zero-order chi connectivity index (χ0) is 12.4. The van der Waals surface area contributed by atoms with Gasteiger partial charge in [0.15, 0.2) is 0 Å². The lowest BCUT2D eigenvalue weighted by Crippen LogP contribution is -2.21. The lowest BCUT2D eigenvalue weighted by molar-refractivity contribution is 0.553. The van der Waals surface area contributed by atoms with Crippen LogP contribution >= 0.6 is 11.3 Å². The number of nitrogens with one attached hydrogen (secondary N) is 1. The first-order valence-corrected chi connectivity index (χ1v) is 6.85. The van der Waals surface area contributed by atoms with E-state index in [9.17, 15) is 0 Å². The van der Waals surface area contributed by atoms with Crippen LogP contribution in [-0.4, -0.2) is 11.5 Å². The van der Waals surface area contributed by atoms with Crippen LogP contribution in [0, 0.1) is 0 Å². The van der Waals surface area contributed by atoms with E-state index < -0.39 is 0 Å². The highest BCUT2D eigenvalue weighted by Crippen LogP contribution is 2.26. The van der Waals surface area contributed by atoms with Crippen LogP contribution in [0.1, 0.15) is 24.1 Å². The van der Waals surface area contributed by atoms with Crippen LogP contribution in [0.15, 0.2) is 46.7 Å². The average Bonchev–Trinajstić information content (AvgIpc) is 3.05. The minimum Gasteiger partial charge on any atom is -0.472 e. The van der Waals surface area contributed by atoms with Gasteiger partial charge in [0.05, 0.1) is 28.8 Å². The fraction of sp³-hybridized carbons (Fsp3) is 0.214. The van der Waals surface area contributed by atoms with Gasteiger partial charge in [0.25, 0.3) is 0 Å². The second-order valence-corrected chi connectivity index (χ2v) is 5.07. The van der Waals surface area contributed by atoms with E-state index in [1.165, 1.54) is 10.3 Å². The quantitative estimate of drug-likeness (QED) is 0.777. The number of furan rings is 1. The molecule has 4 heteroatoms. The molecular formula is C14H14N2OS. The number of hydrogen-bond acceptors (Lipinski definition) is 4. The van der Waals surface area contributed by atoms with Gasteiger partial charge in [-0.15, -0.1) is 11.3 Å². The number of rotatable bonds is 4. The fourth-order valence-corrected chi connectivity index (χ4v) is 2.88. The number of hydrogen-bond donors (Lipinski definition) is 1. The Balaban J connectivity index is 2.03. The molecule has 3 aromatic heterocycles. The molecule has 0 aliphatic heterocycles. The molecule has 0 radical (unpaired) electrons. The van der Waals surface area contributed by atoms with Gasteiger partial charge in [0.1, 0.15) is 0 Å². The summed E-state index contributed by atoms with van der Waals surface area (Å²) in [6.45, 7) is 3.00. The lowest BCUT2D eigenvalue weighted by Gasteiger charge is -2.16. The van der Waals surface area contributed by atoms with Crippen LogP contribution in [-0.2, 0) is 0 Å². The molecule has 0 spiro atoms. The van der Waals surface area contributed by atoms with E-state index in [1.54, 1.807) is 23.9 Å². The highest BCUT2D eigenvalue weighted by molar-refractivity contribution is 7.17. The van der Waals surface area contributed by atoms with E-state index in [0.29, 0.717) is 0 Å². The summed E-state index contributed by atoms with van der Waals surface area (Å²) in [5.74, 6) is 0. The average molecular weight is 258 g/mol. The number of nitrogens with zero attached hydrogens (tertiary/aromatic N) is 1. The van der Waals surface area contributed by atoms with Crippen LogP contribution < -0.4 is 5.32 Å². The van der Waals surface area contributed by atoms with Crippen molar-refractivity contribution in [3.63, 3.8) is 0 Å². The standard InChI is InChI=1S/C14H14N2OS/c1-2-15-14(10-3-5-17-9-10)11-7-13-12(16-8-11)4-6-18-13/h3-9,14-15H,2H2,1H3. The van der Waals surface area contributed by atoms with Crippen molar-refractivity contribution < 1.29 is 4.42 Å². The maximum Gasteiger partial charge on any atom is 0.0953 e. The third-order valence-corrected chi connectivity index (χ3v) is 3.80. The van der Waals surface area contributed by atoms with E-state index in [2.05, 4.69) is 28.7 Å². The molecule has 1 atom stereocenters. The first-order chi connectivity index (χ1) is 8.88. The van der Waals surface area contributed by atoms with E-state index in [4.69, 9.17) is 4.42 Å². The first-order valence-electron chi connectivity index (χ1n) is 5.97. The Hall–Kier alpha value is -1.65. The normalized spacial score (nSPS) is 12.9. The van der Waals surface area contributed by atoms with Crippen molar-refractivity contribution >= 4 is 21.6 Å². The van der Waals surface area contributed by atoms with Crippen molar-refractivity contribution in [1.82, 2.24) is 10.3 Å². The minimum absolute atomic E-state index is 0.146. The van der Waals surface area contributed by atoms with Crippen molar-refractivity contribution in [3.8, 4) is 0 Å². The molecule has 0 aromatic carbocycles. The third kappa shape index (κ3) is 2.05. The fourth-order valence-electron chi connectivity index (χ4n) is 2.09. The Morgan fingerprint density at radius 2 is 2.33 bits per heavy atom. The molecule has 1 N–H and O–H groups in total. The van der Waals surface area contributed by atoms with Crippen LogP contribution in [0.5, 0.6) is 0 Å². The van der Waals surface area contributed by atoms with Crippen molar-refractivity contribution in [2.75, 3.05) is 6.54 Å². The highest BCUT2D eigenvalue weighted by Gasteiger charge is 2.15. The number of fused-ring (bicyclic) bond motifs is 1. The maximum absolute atomic E-state index is 5.18. The second-order valence-electron chi connectivity index (χ2n) is 4.12. The summed E-state index contributed by atoms with van der Waals surface area (Å²) < 4.78 is 6.40. The first kappa shape index (κ1) is 11.4. The van der Waals surface area contributed by atoms with Gasteiger partial charge in [0, 0.05) is 11.8 Å². The Morgan fingerprint density at radius 3 is 3.11 bits per heavy atom. The Morgan fingerprint density at radius 1 is 1.39 bits per heavy atom. The van der Waals surface area contributed by atoms with Gasteiger partial charge in [-0.05, 0) is 35.7 Å². The second kappa shape index (κ2) is 4.92. The number of thiophene rings is 1. The van der Waals surface area contributed by atoms with Gasteiger partial charge in [-0.3, -0.25) is 4.98 Å². The molecule has 0 bridgehead atoms. The van der Waals surface area contributed by atoms with Crippen LogP contribution in [0.3, 0.4) is 0 Å². The van der Waals surface area contributed by atoms with Crippen molar-refractivity contribution in [2.24, 2.45) is 0 Å². The van der Waals surface area contributed by atoms with E-state index >= 15 is 0 Å². The molecule has 18 heavy (non-hydrogen) atoms. The van der Waals surface area contributed by atoms with Gasteiger partial charge < -0.3 is 9.73 Å². The molecule has 3 nitrogen and oxygen atoms in total.